The van der Waals surface area contributed by atoms with Gasteiger partial charge in [0, 0.05) is 22.4 Å². The van der Waals surface area contributed by atoms with E-state index in [9.17, 15) is 0 Å². The van der Waals surface area contributed by atoms with Crippen LogP contribution in [0.3, 0.4) is 0 Å². The molecule has 8 aromatic carbocycles. The van der Waals surface area contributed by atoms with Gasteiger partial charge < -0.3 is 14.4 Å². The molecule has 262 valence electrons. The second-order valence-electron chi connectivity index (χ2n) is 15.0. The van der Waals surface area contributed by atoms with Crippen molar-refractivity contribution in [2.45, 2.75) is 19.3 Å². The van der Waals surface area contributed by atoms with Crippen LogP contribution in [0.15, 0.2) is 182 Å². The van der Waals surface area contributed by atoms with Crippen molar-refractivity contribution in [2.24, 2.45) is 0 Å². The summed E-state index contributed by atoms with van der Waals surface area (Å²) < 4.78 is 13.2. The predicted molar refractivity (Wildman–Crippen MR) is 224 cm³/mol. The van der Waals surface area contributed by atoms with E-state index in [0.29, 0.717) is 0 Å². The molecule has 0 atom stereocenters. The van der Waals surface area contributed by atoms with Gasteiger partial charge in [0.05, 0.1) is 17.1 Å². The summed E-state index contributed by atoms with van der Waals surface area (Å²) in [6.07, 6.45) is 0. The van der Waals surface area contributed by atoms with Crippen LogP contribution in [0.2, 0.25) is 0 Å². The minimum absolute atomic E-state index is 0.121. The zero-order valence-electron chi connectivity index (χ0n) is 30.5. The summed E-state index contributed by atoms with van der Waals surface area (Å²) in [4.78, 5) is 4.66. The van der Waals surface area contributed by atoms with Gasteiger partial charge in [0.1, 0.15) is 5.69 Å². The first-order valence-corrected chi connectivity index (χ1v) is 18.8. The van der Waals surface area contributed by atoms with Crippen molar-refractivity contribution in [3.63, 3.8) is 0 Å². The summed E-state index contributed by atoms with van der Waals surface area (Å²) in [5, 5.41) is 0. The van der Waals surface area contributed by atoms with Crippen LogP contribution in [0.1, 0.15) is 25.0 Å². The van der Waals surface area contributed by atoms with Crippen molar-refractivity contribution < 1.29 is 9.47 Å². The van der Waals surface area contributed by atoms with Gasteiger partial charge in [-0.05, 0) is 106 Å². The molecule has 1 aliphatic carbocycles. The molecule has 0 aromatic heterocycles. The van der Waals surface area contributed by atoms with Crippen molar-refractivity contribution in [1.29, 1.82) is 0 Å². The lowest BCUT2D eigenvalue weighted by Crippen LogP contribution is -2.20. The number of fused-ring (bicyclic) bond motifs is 7. The first-order valence-electron chi connectivity index (χ1n) is 18.8. The maximum atomic E-state index is 6.58. The molecule has 2 heterocycles. The normalized spacial score (nSPS) is 13.7. The molecule has 0 saturated carbocycles. The number of anilines is 6. The second kappa shape index (κ2) is 12.0. The van der Waals surface area contributed by atoms with E-state index < -0.39 is 0 Å². The van der Waals surface area contributed by atoms with Crippen molar-refractivity contribution >= 4 is 34.1 Å². The van der Waals surface area contributed by atoms with E-state index >= 15 is 0 Å². The SMILES string of the molecule is CC1(C)c2ccccc2-c2ccc(N(c3ccc(-c4cc5c6c(c4)Oc4ccccc4N6c4ccccc4O5)cc3)c3ccccc3-c3ccccc3)cc21. The average molecular weight is 709 g/mol. The lowest BCUT2D eigenvalue weighted by atomic mass is 9.82. The highest BCUT2D eigenvalue weighted by molar-refractivity contribution is 5.96. The standard InChI is InChI=1S/C51H36N2O2/c1-51(2)41-18-8-6-17-39(41)40-29-28-37(32-42(40)51)52(43-19-9-7-16-38(43)34-14-4-3-5-15-34)36-26-24-33(25-27-36)35-30-48-50-49(31-35)55-47-23-13-11-21-45(47)53(50)44-20-10-12-22-46(44)54-48/h3-32H,1-2H3. The first kappa shape index (κ1) is 31.5. The number of para-hydroxylation sites is 5. The van der Waals surface area contributed by atoms with Gasteiger partial charge >= 0.3 is 0 Å². The predicted octanol–water partition coefficient (Wildman–Crippen LogP) is 14.5. The van der Waals surface area contributed by atoms with Crippen LogP contribution < -0.4 is 19.3 Å². The van der Waals surface area contributed by atoms with Crippen molar-refractivity contribution in [3.8, 4) is 56.4 Å². The topological polar surface area (TPSA) is 24.9 Å². The molecule has 3 aliphatic rings. The molecular formula is C51H36N2O2. The Morgan fingerprint density at radius 1 is 0.418 bits per heavy atom. The minimum atomic E-state index is -0.121. The summed E-state index contributed by atoms with van der Waals surface area (Å²) in [6, 6.07) is 64.7. The maximum absolute atomic E-state index is 6.58. The van der Waals surface area contributed by atoms with E-state index in [4.69, 9.17) is 9.47 Å². The maximum Gasteiger partial charge on any atom is 0.156 e. The van der Waals surface area contributed by atoms with E-state index in [1.54, 1.807) is 0 Å². The van der Waals surface area contributed by atoms with Gasteiger partial charge in [0.15, 0.2) is 23.0 Å². The van der Waals surface area contributed by atoms with Gasteiger partial charge in [-0.25, -0.2) is 0 Å². The Balaban J connectivity index is 1.04. The van der Waals surface area contributed by atoms with Crippen LogP contribution in [-0.2, 0) is 5.41 Å². The van der Waals surface area contributed by atoms with E-state index in [1.807, 2.05) is 36.4 Å². The molecule has 0 N–H and O–H groups in total. The molecule has 0 amide bonds. The first-order chi connectivity index (χ1) is 27.0. The van der Waals surface area contributed by atoms with Gasteiger partial charge in [-0.2, -0.15) is 0 Å². The third-order valence-corrected chi connectivity index (χ3v) is 11.4. The molecule has 0 fully saturated rings. The van der Waals surface area contributed by atoms with E-state index in [2.05, 4.69) is 169 Å². The Hall–Kier alpha value is -7.04. The summed E-state index contributed by atoms with van der Waals surface area (Å²) in [5.41, 5.74) is 15.9. The van der Waals surface area contributed by atoms with Gasteiger partial charge in [0.2, 0.25) is 0 Å². The van der Waals surface area contributed by atoms with E-state index in [0.717, 1.165) is 68.2 Å². The van der Waals surface area contributed by atoms with Crippen LogP contribution in [-0.4, -0.2) is 0 Å². The summed E-state index contributed by atoms with van der Waals surface area (Å²) in [5.74, 6) is 3.17. The molecular weight excluding hydrogens is 673 g/mol. The number of benzene rings is 8. The minimum Gasteiger partial charge on any atom is -0.453 e. The molecule has 8 aromatic rings. The largest absolute Gasteiger partial charge is 0.453 e. The highest BCUT2D eigenvalue weighted by Crippen LogP contribution is 2.60. The Morgan fingerprint density at radius 2 is 0.982 bits per heavy atom. The Bertz CT molecular complexity index is 2730. The van der Waals surface area contributed by atoms with Crippen molar-refractivity contribution in [2.75, 3.05) is 9.80 Å². The van der Waals surface area contributed by atoms with Gasteiger partial charge in [0.25, 0.3) is 0 Å². The van der Waals surface area contributed by atoms with Crippen LogP contribution in [0, 0.1) is 0 Å². The Kier molecular flexibility index (Phi) is 6.86. The van der Waals surface area contributed by atoms with Gasteiger partial charge in [-0.1, -0.05) is 129 Å². The van der Waals surface area contributed by atoms with Gasteiger partial charge in [-0.15, -0.1) is 0 Å². The van der Waals surface area contributed by atoms with Crippen LogP contribution in [0.25, 0.3) is 33.4 Å². The molecule has 0 radical (unpaired) electrons. The Morgan fingerprint density at radius 3 is 1.69 bits per heavy atom. The molecule has 0 bridgehead atoms. The number of nitrogens with zero attached hydrogens (tertiary/aromatic N) is 2. The molecule has 2 aliphatic heterocycles. The van der Waals surface area contributed by atoms with Crippen molar-refractivity contribution in [1.82, 2.24) is 0 Å². The summed E-state index contributed by atoms with van der Waals surface area (Å²) in [7, 11) is 0. The van der Waals surface area contributed by atoms with Crippen LogP contribution in [0.5, 0.6) is 23.0 Å². The molecule has 4 nitrogen and oxygen atoms in total. The highest BCUT2D eigenvalue weighted by atomic mass is 16.5. The molecule has 11 rings (SSSR count). The van der Waals surface area contributed by atoms with Crippen molar-refractivity contribution in [3.05, 3.63) is 193 Å². The number of hydrogen-bond donors (Lipinski definition) is 0. The van der Waals surface area contributed by atoms with Gasteiger partial charge in [-0.3, -0.25) is 4.90 Å². The molecule has 0 saturated heterocycles. The fourth-order valence-electron chi connectivity index (χ4n) is 8.78. The zero-order chi connectivity index (χ0) is 36.7. The second-order valence-corrected chi connectivity index (χ2v) is 15.0. The smallest absolute Gasteiger partial charge is 0.156 e. The molecule has 55 heavy (non-hydrogen) atoms. The fraction of sp³-hybridized carbons (Fsp3) is 0.0588. The highest BCUT2D eigenvalue weighted by Gasteiger charge is 2.37. The summed E-state index contributed by atoms with van der Waals surface area (Å²) in [6.45, 7) is 4.68. The molecule has 4 heteroatoms. The number of rotatable bonds is 5. The summed E-state index contributed by atoms with van der Waals surface area (Å²) >= 11 is 0. The zero-order valence-corrected chi connectivity index (χ0v) is 30.5. The number of ether oxygens (including phenoxy) is 2. The van der Waals surface area contributed by atoms with E-state index in [-0.39, 0.29) is 5.41 Å². The molecule has 0 spiro atoms. The lowest BCUT2D eigenvalue weighted by molar-refractivity contribution is 0.446. The lowest BCUT2D eigenvalue weighted by Gasteiger charge is -2.38. The van der Waals surface area contributed by atoms with E-state index in [1.165, 1.54) is 33.4 Å². The average Bonchev–Trinajstić information content (AvgIpc) is 3.46. The third-order valence-electron chi connectivity index (χ3n) is 11.4. The van der Waals surface area contributed by atoms with Crippen LogP contribution >= 0.6 is 0 Å². The molecule has 0 unspecified atom stereocenters. The Labute approximate surface area is 321 Å². The third kappa shape index (κ3) is 4.85. The monoisotopic (exact) mass is 708 g/mol. The van der Waals surface area contributed by atoms with Crippen LogP contribution in [0.4, 0.5) is 34.1 Å². The quantitative estimate of drug-likeness (QED) is 0.178. The fourth-order valence-corrected chi connectivity index (χ4v) is 8.78. The number of hydrogen-bond acceptors (Lipinski definition) is 4.